The number of nitrogens with one attached hydrogen (secondary N) is 1. The van der Waals surface area contributed by atoms with Gasteiger partial charge in [-0.2, -0.15) is 13.2 Å². The Kier molecular flexibility index (Phi) is 8.58. The maximum Gasteiger partial charge on any atom is 0.418 e. The monoisotopic (exact) mass is 594 g/mol. The summed E-state index contributed by atoms with van der Waals surface area (Å²) in [6.45, 7) is 6.71. The quantitative estimate of drug-likeness (QED) is 0.417. The van der Waals surface area contributed by atoms with Gasteiger partial charge < -0.3 is 5.11 Å². The van der Waals surface area contributed by atoms with Crippen molar-refractivity contribution in [1.29, 1.82) is 0 Å². The molecule has 2 aromatic rings. The molecular formula is C31H45F3N4O2S. The van der Waals surface area contributed by atoms with Gasteiger partial charge in [0.25, 0.3) is 0 Å². The second-order valence-corrected chi connectivity index (χ2v) is 15.0. The van der Waals surface area contributed by atoms with Crippen LogP contribution in [0.3, 0.4) is 0 Å². The highest BCUT2D eigenvalue weighted by Crippen LogP contribution is 2.49. The molecule has 4 heterocycles. The van der Waals surface area contributed by atoms with Crippen LogP contribution in [-0.4, -0.2) is 55.3 Å². The summed E-state index contributed by atoms with van der Waals surface area (Å²) in [4.78, 5) is 16.0. The molecular weight excluding hydrogens is 549 g/mol. The molecule has 10 heteroatoms. The van der Waals surface area contributed by atoms with Crippen molar-refractivity contribution in [2.45, 2.75) is 107 Å². The average Bonchev–Trinajstić information content (AvgIpc) is 3.44. The lowest BCUT2D eigenvalue weighted by Gasteiger charge is -2.46. The van der Waals surface area contributed by atoms with Gasteiger partial charge in [0.2, 0.25) is 0 Å². The van der Waals surface area contributed by atoms with E-state index in [1.807, 2.05) is 11.8 Å². The fraction of sp³-hybridized carbons (Fsp3) is 0.774. The van der Waals surface area contributed by atoms with E-state index in [-0.39, 0.29) is 29.2 Å². The summed E-state index contributed by atoms with van der Waals surface area (Å²) in [5.74, 6) is 2.03. The van der Waals surface area contributed by atoms with Gasteiger partial charge in [-0.3, -0.25) is 19.2 Å². The van der Waals surface area contributed by atoms with Crippen molar-refractivity contribution in [2.24, 2.45) is 23.7 Å². The van der Waals surface area contributed by atoms with Crippen LogP contribution in [0.1, 0.15) is 88.8 Å². The van der Waals surface area contributed by atoms with E-state index >= 15 is 0 Å². The van der Waals surface area contributed by atoms with Crippen LogP contribution in [0.15, 0.2) is 23.3 Å². The number of nitrogens with zero attached hydrogens (tertiary/aromatic N) is 3. The number of halogens is 3. The van der Waals surface area contributed by atoms with Gasteiger partial charge in [-0.15, -0.1) is 11.8 Å². The van der Waals surface area contributed by atoms with Crippen LogP contribution in [0, 0.1) is 23.7 Å². The van der Waals surface area contributed by atoms with Gasteiger partial charge in [-0.25, -0.2) is 4.79 Å². The molecule has 0 amide bonds. The Bertz CT molecular complexity index is 1270. The number of hydrogen-bond acceptors (Lipinski definition) is 5. The minimum Gasteiger partial charge on any atom is -0.394 e. The standard InChI is InChI=1S/C31H45F3N4O2S/c1-19-6-5-11-36(14-19)15-21-12-25(31(32,33)34)26-17-37(30(40)38(26)16-21)24-10-4-9-23(13-24)28(22-7-3-8-22)29-20(2)41-27(18-39)35-29/h12,16-17,19-20,22-24,27-29,35,39H,3-11,13-15,18H2,1-2H3/t19-,20?,23?,24?,27?,28+,29?/m0/s1. The number of thioether (sulfide) groups is 1. The molecule has 2 aliphatic heterocycles. The Morgan fingerprint density at radius 3 is 2.49 bits per heavy atom. The van der Waals surface area contributed by atoms with Crippen LogP contribution in [-0.2, 0) is 12.7 Å². The summed E-state index contributed by atoms with van der Waals surface area (Å²) in [6.07, 6.45) is 8.16. The van der Waals surface area contributed by atoms with Gasteiger partial charge in [-0.05, 0) is 74.0 Å². The predicted molar refractivity (Wildman–Crippen MR) is 157 cm³/mol. The van der Waals surface area contributed by atoms with Gasteiger partial charge >= 0.3 is 11.9 Å². The Hall–Kier alpha value is -1.49. The number of fused-ring (bicyclic) bond motifs is 1. The first-order valence-corrected chi connectivity index (χ1v) is 16.6. The number of aliphatic hydroxyl groups excluding tert-OH is 1. The second kappa shape index (κ2) is 11.9. The van der Waals surface area contributed by atoms with E-state index in [1.54, 1.807) is 10.8 Å². The molecule has 4 aliphatic rings. The molecule has 7 atom stereocenters. The summed E-state index contributed by atoms with van der Waals surface area (Å²) in [5, 5.41) is 13.9. The fourth-order valence-corrected chi connectivity index (χ4v) is 9.65. The molecule has 2 aromatic heterocycles. The number of rotatable bonds is 7. The van der Waals surface area contributed by atoms with E-state index in [9.17, 15) is 23.1 Å². The number of aromatic nitrogens is 2. The van der Waals surface area contributed by atoms with Crippen LogP contribution in [0.4, 0.5) is 13.2 Å². The molecule has 0 aromatic carbocycles. The zero-order valence-electron chi connectivity index (χ0n) is 24.3. The predicted octanol–water partition coefficient (Wildman–Crippen LogP) is 5.91. The van der Waals surface area contributed by atoms with Crippen LogP contribution in [0.2, 0.25) is 0 Å². The molecule has 6 rings (SSSR count). The van der Waals surface area contributed by atoms with Gasteiger partial charge in [-0.1, -0.05) is 39.5 Å². The summed E-state index contributed by atoms with van der Waals surface area (Å²) in [6, 6.07) is 1.47. The zero-order valence-corrected chi connectivity index (χ0v) is 25.1. The van der Waals surface area contributed by atoms with Crippen LogP contribution in [0.5, 0.6) is 0 Å². The molecule has 5 unspecified atom stereocenters. The number of pyridine rings is 1. The summed E-state index contributed by atoms with van der Waals surface area (Å²) < 4.78 is 45.9. The van der Waals surface area contributed by atoms with E-state index < -0.39 is 11.7 Å². The lowest BCUT2D eigenvalue weighted by Crippen LogP contribution is -2.48. The van der Waals surface area contributed by atoms with Crippen molar-refractivity contribution in [3.8, 4) is 0 Å². The van der Waals surface area contributed by atoms with E-state index in [4.69, 9.17) is 0 Å². The van der Waals surface area contributed by atoms with Crippen molar-refractivity contribution in [2.75, 3.05) is 19.7 Å². The van der Waals surface area contributed by atoms with Crippen molar-refractivity contribution in [3.63, 3.8) is 0 Å². The Labute approximate surface area is 245 Å². The van der Waals surface area contributed by atoms with Gasteiger partial charge in [0.05, 0.1) is 23.1 Å². The molecule has 2 N–H and O–H groups in total. The zero-order chi connectivity index (χ0) is 28.9. The Morgan fingerprint density at radius 2 is 1.83 bits per heavy atom. The van der Waals surface area contributed by atoms with E-state index in [0.29, 0.717) is 47.1 Å². The van der Waals surface area contributed by atoms with Crippen LogP contribution >= 0.6 is 11.8 Å². The van der Waals surface area contributed by atoms with Gasteiger partial charge in [0, 0.05) is 42.8 Å². The molecule has 2 aliphatic carbocycles. The topological polar surface area (TPSA) is 61.9 Å². The van der Waals surface area contributed by atoms with Crippen molar-refractivity contribution < 1.29 is 18.3 Å². The van der Waals surface area contributed by atoms with E-state index in [2.05, 4.69) is 24.1 Å². The smallest absolute Gasteiger partial charge is 0.394 e. The number of imidazole rings is 1. The minimum atomic E-state index is -4.54. The first kappa shape index (κ1) is 29.6. The molecule has 2 saturated carbocycles. The SMILES string of the molecule is CC1SC(CO)NC1[C@H](C1CCC1)C1CCCC(n2cc3c(C(F)(F)F)cc(CN4CCC[C@H](C)C4)cn3c2=O)C1. The lowest BCUT2D eigenvalue weighted by molar-refractivity contribution is -0.136. The largest absolute Gasteiger partial charge is 0.418 e. The number of aliphatic hydroxyl groups is 1. The fourth-order valence-electron chi connectivity index (χ4n) is 8.38. The number of alkyl halides is 3. The highest BCUT2D eigenvalue weighted by atomic mass is 32.2. The molecule has 228 valence electrons. The van der Waals surface area contributed by atoms with Crippen LogP contribution < -0.4 is 11.0 Å². The second-order valence-electron chi connectivity index (χ2n) is 13.4. The van der Waals surface area contributed by atoms with E-state index in [0.717, 1.165) is 51.6 Å². The maximum atomic E-state index is 14.3. The molecule has 0 spiro atoms. The summed E-state index contributed by atoms with van der Waals surface area (Å²) >= 11 is 1.81. The first-order chi connectivity index (χ1) is 19.6. The summed E-state index contributed by atoms with van der Waals surface area (Å²) in [7, 11) is 0. The minimum absolute atomic E-state index is 0.0378. The normalized spacial score (nSPS) is 32.8. The Morgan fingerprint density at radius 1 is 1.07 bits per heavy atom. The molecule has 4 fully saturated rings. The van der Waals surface area contributed by atoms with Crippen molar-refractivity contribution in [1.82, 2.24) is 19.2 Å². The highest BCUT2D eigenvalue weighted by Gasteiger charge is 2.46. The maximum absolute atomic E-state index is 14.3. The average molecular weight is 595 g/mol. The molecule has 6 nitrogen and oxygen atoms in total. The third kappa shape index (κ3) is 6.00. The van der Waals surface area contributed by atoms with Crippen molar-refractivity contribution in [3.05, 3.63) is 40.1 Å². The molecule has 0 bridgehead atoms. The number of likely N-dealkylation sites (tertiary alicyclic amines) is 1. The lowest BCUT2D eigenvalue weighted by atomic mass is 9.63. The molecule has 0 radical (unpaired) electrons. The third-order valence-corrected chi connectivity index (χ3v) is 11.8. The number of hydrogen-bond donors (Lipinski definition) is 2. The Balaban J connectivity index is 1.30. The summed E-state index contributed by atoms with van der Waals surface area (Å²) in [5.41, 5.74) is -0.563. The molecule has 41 heavy (non-hydrogen) atoms. The first-order valence-electron chi connectivity index (χ1n) is 15.7. The van der Waals surface area contributed by atoms with E-state index in [1.165, 1.54) is 35.9 Å². The molecule has 2 saturated heterocycles. The third-order valence-electron chi connectivity index (χ3n) is 10.5. The van der Waals surface area contributed by atoms with Crippen LogP contribution in [0.25, 0.3) is 5.52 Å². The van der Waals surface area contributed by atoms with Crippen molar-refractivity contribution >= 4 is 17.3 Å². The van der Waals surface area contributed by atoms with Gasteiger partial charge in [0.1, 0.15) is 0 Å². The number of piperidine rings is 1. The van der Waals surface area contributed by atoms with Gasteiger partial charge in [0.15, 0.2) is 0 Å². The highest BCUT2D eigenvalue weighted by molar-refractivity contribution is 8.00.